The molecular formula is C21H25N7O2S. The second kappa shape index (κ2) is 7.31. The minimum Gasteiger partial charge on any atom is -0.352 e. The van der Waals surface area contributed by atoms with Crippen molar-refractivity contribution < 1.29 is 4.55 Å². The van der Waals surface area contributed by atoms with Gasteiger partial charge in [-0.05, 0) is 43.7 Å². The van der Waals surface area contributed by atoms with E-state index in [9.17, 15) is 9.35 Å². The van der Waals surface area contributed by atoms with Crippen LogP contribution in [0.25, 0.3) is 22.2 Å². The summed E-state index contributed by atoms with van der Waals surface area (Å²) in [7, 11) is 0.211. The summed E-state index contributed by atoms with van der Waals surface area (Å²) in [4.78, 5) is 30.8. The van der Waals surface area contributed by atoms with Crippen LogP contribution in [0.15, 0.2) is 35.5 Å². The fourth-order valence-corrected chi connectivity index (χ4v) is 5.94. The second-order valence-corrected chi connectivity index (χ2v) is 11.6. The van der Waals surface area contributed by atoms with E-state index in [4.69, 9.17) is 4.98 Å². The molecule has 0 unspecified atom stereocenters. The Hall–Kier alpha value is -2.98. The molecule has 4 aromatic rings. The Bertz CT molecular complexity index is 1350. The molecule has 9 nitrogen and oxygen atoms in total. The lowest BCUT2D eigenvalue weighted by atomic mass is 10.1. The number of hydrogen-bond acceptors (Lipinski definition) is 7. The summed E-state index contributed by atoms with van der Waals surface area (Å²) in [6.45, 7) is 1.99. The minimum atomic E-state index is -1.53. The summed E-state index contributed by atoms with van der Waals surface area (Å²) in [5.41, 5.74) is 4.67. The number of aryl methyl sites for hydroxylation is 2. The van der Waals surface area contributed by atoms with Gasteiger partial charge in [-0.2, -0.15) is 4.98 Å². The van der Waals surface area contributed by atoms with Crippen LogP contribution in [0.4, 0.5) is 11.6 Å². The van der Waals surface area contributed by atoms with Crippen molar-refractivity contribution in [2.24, 2.45) is 7.05 Å². The van der Waals surface area contributed by atoms with E-state index >= 15 is 0 Å². The Morgan fingerprint density at radius 3 is 2.52 bits per heavy atom. The molecule has 4 heterocycles. The Balaban J connectivity index is 1.54. The van der Waals surface area contributed by atoms with Gasteiger partial charge in [0.05, 0.1) is 17.2 Å². The number of nitrogens with zero attached hydrogens (tertiary/aromatic N) is 6. The van der Waals surface area contributed by atoms with Gasteiger partial charge in [0.1, 0.15) is 5.52 Å². The van der Waals surface area contributed by atoms with Gasteiger partial charge in [0.25, 0.3) is 0 Å². The summed E-state index contributed by atoms with van der Waals surface area (Å²) >= 11 is 0. The van der Waals surface area contributed by atoms with E-state index < -0.39 is 10.3 Å². The molecule has 2 N–H and O–H groups in total. The highest BCUT2D eigenvalue weighted by Gasteiger charge is 2.29. The molecule has 0 spiro atoms. The number of aromatic nitrogens is 6. The third-order valence-corrected chi connectivity index (χ3v) is 8.27. The van der Waals surface area contributed by atoms with E-state index in [1.54, 1.807) is 34.8 Å². The standard InChI is InChI=1S/C21H25N7O2S/c1-13-10-16-17(23-7-6-22-16)11-15(13)25-20-24-12-18-19(26-20)28(21(29)27(18)2)14-4-8-31(3,30)9-5-14/h6-7,10-12,14,30H,4-5,8-9H2,1-3H3,(H,24,25,26). The number of anilines is 2. The lowest BCUT2D eigenvalue weighted by molar-refractivity contribution is 0.444. The lowest BCUT2D eigenvalue weighted by Gasteiger charge is -2.37. The molecule has 0 atom stereocenters. The van der Waals surface area contributed by atoms with Crippen molar-refractivity contribution in [3.8, 4) is 0 Å². The normalized spacial score (nSPS) is 23.7. The minimum absolute atomic E-state index is 0.0318. The van der Waals surface area contributed by atoms with Gasteiger partial charge in [-0.3, -0.25) is 19.1 Å². The van der Waals surface area contributed by atoms with Crippen LogP contribution in [0, 0.1) is 6.92 Å². The van der Waals surface area contributed by atoms with Crippen molar-refractivity contribution in [2.75, 3.05) is 23.1 Å². The molecule has 1 aliphatic rings. The van der Waals surface area contributed by atoms with Crippen LogP contribution >= 0.6 is 10.3 Å². The highest BCUT2D eigenvalue weighted by molar-refractivity contribution is 8.28. The molecule has 0 aliphatic carbocycles. The first-order valence-corrected chi connectivity index (χ1v) is 12.5. The van der Waals surface area contributed by atoms with Crippen molar-refractivity contribution in [1.82, 2.24) is 29.1 Å². The van der Waals surface area contributed by atoms with Crippen LogP contribution in [0.3, 0.4) is 0 Å². The fourth-order valence-electron chi connectivity index (χ4n) is 4.18. The number of hydrogen-bond donors (Lipinski definition) is 2. The molecule has 162 valence electrons. The maximum absolute atomic E-state index is 13.0. The predicted molar refractivity (Wildman–Crippen MR) is 124 cm³/mol. The van der Waals surface area contributed by atoms with Crippen molar-refractivity contribution in [2.45, 2.75) is 25.8 Å². The molecule has 0 saturated carbocycles. The van der Waals surface area contributed by atoms with Gasteiger partial charge < -0.3 is 9.87 Å². The van der Waals surface area contributed by atoms with E-state index in [1.807, 2.05) is 25.3 Å². The smallest absolute Gasteiger partial charge is 0.330 e. The van der Waals surface area contributed by atoms with E-state index in [0.717, 1.165) is 46.6 Å². The summed E-state index contributed by atoms with van der Waals surface area (Å²) in [5, 5.41) is 3.28. The summed E-state index contributed by atoms with van der Waals surface area (Å²) in [5.74, 6) is 1.91. The van der Waals surface area contributed by atoms with Crippen LogP contribution in [0.1, 0.15) is 24.4 Å². The quantitative estimate of drug-likeness (QED) is 0.503. The molecule has 1 fully saturated rings. The van der Waals surface area contributed by atoms with Gasteiger partial charge in [0.15, 0.2) is 5.65 Å². The first-order valence-electron chi connectivity index (χ1n) is 10.2. The average Bonchev–Trinajstić information content (AvgIpc) is 2.99. The van der Waals surface area contributed by atoms with E-state index in [0.29, 0.717) is 17.1 Å². The molecule has 31 heavy (non-hydrogen) atoms. The van der Waals surface area contributed by atoms with Gasteiger partial charge >= 0.3 is 5.69 Å². The van der Waals surface area contributed by atoms with E-state index in [-0.39, 0.29) is 11.7 Å². The second-order valence-electron chi connectivity index (χ2n) is 8.31. The van der Waals surface area contributed by atoms with Crippen LogP contribution in [0.2, 0.25) is 0 Å². The zero-order chi connectivity index (χ0) is 21.8. The summed E-state index contributed by atoms with van der Waals surface area (Å²) in [6.07, 6.45) is 8.51. The SMILES string of the molecule is Cc1cc2nccnc2cc1Nc1ncc2c(n1)n(C1CCS(C)(O)CC1)c(=O)n2C. The zero-order valence-electron chi connectivity index (χ0n) is 17.7. The molecule has 1 aromatic carbocycles. The van der Waals surface area contributed by atoms with Crippen LogP contribution in [-0.4, -0.2) is 51.4 Å². The van der Waals surface area contributed by atoms with E-state index in [2.05, 4.69) is 20.3 Å². The van der Waals surface area contributed by atoms with Crippen molar-refractivity contribution in [3.63, 3.8) is 0 Å². The molecular weight excluding hydrogens is 414 g/mol. The molecule has 5 rings (SSSR count). The number of nitrogens with one attached hydrogen (secondary N) is 1. The van der Waals surface area contributed by atoms with Crippen LogP contribution in [0.5, 0.6) is 0 Å². The Morgan fingerprint density at radius 2 is 1.81 bits per heavy atom. The van der Waals surface area contributed by atoms with Crippen LogP contribution < -0.4 is 11.0 Å². The van der Waals surface area contributed by atoms with Crippen molar-refractivity contribution in [3.05, 3.63) is 46.8 Å². The predicted octanol–water partition coefficient (Wildman–Crippen LogP) is 3.37. The molecule has 0 radical (unpaired) electrons. The molecule has 0 amide bonds. The highest BCUT2D eigenvalue weighted by Crippen LogP contribution is 2.47. The van der Waals surface area contributed by atoms with E-state index in [1.165, 1.54) is 0 Å². The Morgan fingerprint density at radius 1 is 1.13 bits per heavy atom. The molecule has 1 saturated heterocycles. The van der Waals surface area contributed by atoms with Crippen molar-refractivity contribution in [1.29, 1.82) is 0 Å². The topological polar surface area (TPSA) is 111 Å². The summed E-state index contributed by atoms with van der Waals surface area (Å²) < 4.78 is 13.7. The third-order valence-electron chi connectivity index (χ3n) is 6.04. The van der Waals surface area contributed by atoms with Gasteiger partial charge in [0.2, 0.25) is 5.95 Å². The maximum Gasteiger partial charge on any atom is 0.330 e. The number of rotatable bonds is 3. The Labute approximate surface area is 180 Å². The number of fused-ring (bicyclic) bond motifs is 2. The lowest BCUT2D eigenvalue weighted by Crippen LogP contribution is -2.31. The Kier molecular flexibility index (Phi) is 4.71. The van der Waals surface area contributed by atoms with Crippen LogP contribution in [-0.2, 0) is 7.05 Å². The molecule has 3 aromatic heterocycles. The molecule has 0 bridgehead atoms. The largest absolute Gasteiger partial charge is 0.352 e. The van der Waals surface area contributed by atoms with Crippen molar-refractivity contribution >= 4 is 44.1 Å². The first-order chi connectivity index (χ1) is 14.8. The van der Waals surface area contributed by atoms with Gasteiger partial charge in [0, 0.05) is 42.7 Å². The molecule has 1 aliphatic heterocycles. The van der Waals surface area contributed by atoms with Gasteiger partial charge in [-0.15, -0.1) is 10.3 Å². The highest BCUT2D eigenvalue weighted by atomic mass is 32.3. The summed E-state index contributed by atoms with van der Waals surface area (Å²) in [6, 6.07) is 3.93. The van der Waals surface area contributed by atoms with Gasteiger partial charge in [-0.25, -0.2) is 9.78 Å². The number of imidazole rings is 1. The molecule has 10 heteroatoms. The average molecular weight is 440 g/mol. The maximum atomic E-state index is 13.0. The fraction of sp³-hybridized carbons (Fsp3) is 0.381. The first kappa shape index (κ1) is 20.0. The number of benzene rings is 1. The third kappa shape index (κ3) is 3.55. The van der Waals surface area contributed by atoms with Gasteiger partial charge in [-0.1, -0.05) is 0 Å². The zero-order valence-corrected chi connectivity index (χ0v) is 18.6. The monoisotopic (exact) mass is 439 g/mol.